The minimum Gasteiger partial charge on any atom is -0.550 e. The van der Waals surface area contributed by atoms with E-state index >= 15 is 0 Å². The standard InChI is InChI=1S/C18H29NO4.C6H12O2.2CH4.Na/c1-6-18(4,5)17(22)23-12-10-8-7-9-11-19-15(20)13(2)14(3)16(19)21;1-4-6(2,3)5(7)8;;;/h6-12H2,1-5H3;4H2,1-3H3,(H,7,8);2*1H4;/q;;;;+1/p-1. The molecule has 0 atom stereocenters. The van der Waals surface area contributed by atoms with Crippen LogP contribution in [0.15, 0.2) is 11.1 Å². The summed E-state index contributed by atoms with van der Waals surface area (Å²) in [5.41, 5.74) is 0.0417. The predicted octanol–water partition coefficient (Wildman–Crippen LogP) is 1.68. The average molecular weight is 494 g/mol. The molecule has 0 bridgehead atoms. The first kappa shape index (κ1) is 40.0. The van der Waals surface area contributed by atoms with Crippen molar-refractivity contribution in [1.29, 1.82) is 0 Å². The molecule has 8 heteroatoms. The molecule has 0 aliphatic carbocycles. The topological polar surface area (TPSA) is 104 Å². The zero-order valence-corrected chi connectivity index (χ0v) is 23.6. The van der Waals surface area contributed by atoms with Crippen LogP contribution >= 0.6 is 0 Å². The van der Waals surface area contributed by atoms with Crippen LogP contribution in [0.4, 0.5) is 0 Å². The fourth-order valence-corrected chi connectivity index (χ4v) is 2.40. The maximum absolute atomic E-state index is 11.9. The summed E-state index contributed by atoms with van der Waals surface area (Å²) in [6.45, 7) is 15.2. The third-order valence-corrected chi connectivity index (χ3v) is 6.08. The van der Waals surface area contributed by atoms with E-state index in [0.29, 0.717) is 30.7 Å². The van der Waals surface area contributed by atoms with Gasteiger partial charge >= 0.3 is 35.5 Å². The van der Waals surface area contributed by atoms with Gasteiger partial charge in [-0.25, -0.2) is 0 Å². The van der Waals surface area contributed by atoms with Crippen molar-refractivity contribution in [2.45, 2.75) is 109 Å². The molecule has 0 aromatic heterocycles. The first-order valence-corrected chi connectivity index (χ1v) is 11.1. The molecule has 0 aromatic carbocycles. The van der Waals surface area contributed by atoms with Crippen LogP contribution < -0.4 is 34.7 Å². The van der Waals surface area contributed by atoms with Crippen LogP contribution in [0.3, 0.4) is 0 Å². The number of carboxylic acid groups (broad SMARTS) is 1. The number of carbonyl (C=O) groups excluding carboxylic acids is 4. The van der Waals surface area contributed by atoms with Crippen molar-refractivity contribution in [2.75, 3.05) is 13.2 Å². The summed E-state index contributed by atoms with van der Waals surface area (Å²) < 4.78 is 5.28. The number of carboxylic acids is 1. The second kappa shape index (κ2) is 18.1. The third-order valence-electron chi connectivity index (χ3n) is 6.08. The Balaban J connectivity index is -0.000000354. The number of amides is 2. The Hall–Kier alpha value is -1.18. The normalized spacial score (nSPS) is 13.2. The van der Waals surface area contributed by atoms with E-state index in [1.54, 1.807) is 27.7 Å². The molecule has 34 heavy (non-hydrogen) atoms. The molecule has 2 amide bonds. The van der Waals surface area contributed by atoms with Crippen LogP contribution in [-0.2, 0) is 23.9 Å². The number of hydrogen-bond donors (Lipinski definition) is 0. The van der Waals surface area contributed by atoms with Gasteiger partial charge in [-0.1, -0.05) is 49.0 Å². The first-order chi connectivity index (χ1) is 14.2. The molecule has 1 rings (SSSR count). The van der Waals surface area contributed by atoms with Gasteiger partial charge in [-0.05, 0) is 59.8 Å². The van der Waals surface area contributed by atoms with Crippen molar-refractivity contribution in [3.63, 3.8) is 0 Å². The number of carbonyl (C=O) groups is 4. The van der Waals surface area contributed by atoms with Crippen LogP contribution in [0, 0.1) is 10.8 Å². The molecule has 0 N–H and O–H groups in total. The molecular weight excluding hydrogens is 445 g/mol. The molecule has 7 nitrogen and oxygen atoms in total. The van der Waals surface area contributed by atoms with E-state index in [2.05, 4.69) is 0 Å². The largest absolute Gasteiger partial charge is 1.00 e. The van der Waals surface area contributed by atoms with E-state index in [0.717, 1.165) is 32.1 Å². The van der Waals surface area contributed by atoms with Gasteiger partial charge in [-0.2, -0.15) is 0 Å². The summed E-state index contributed by atoms with van der Waals surface area (Å²) >= 11 is 0. The number of imide groups is 1. The molecule has 0 saturated heterocycles. The number of rotatable bonds is 11. The van der Waals surface area contributed by atoms with E-state index in [1.165, 1.54) is 4.90 Å². The fraction of sp³-hybridized carbons (Fsp3) is 0.769. The SMILES string of the molecule is C.C.CCC(C)(C)C(=O)OCCCCCCN1C(=O)C(C)=C(C)C1=O.CCC(C)(C)C(=O)[O-].[Na+]. The molecule has 194 valence electrons. The summed E-state index contributed by atoms with van der Waals surface area (Å²) in [4.78, 5) is 47.0. The Morgan fingerprint density at radius 3 is 1.59 bits per heavy atom. The third kappa shape index (κ3) is 12.5. The van der Waals surface area contributed by atoms with Gasteiger partial charge in [0.2, 0.25) is 0 Å². The second-order valence-electron chi connectivity index (χ2n) is 9.32. The summed E-state index contributed by atoms with van der Waals surface area (Å²) in [6, 6.07) is 0. The monoisotopic (exact) mass is 493 g/mol. The summed E-state index contributed by atoms with van der Waals surface area (Å²) in [5.74, 6) is -1.45. The Kier molecular flexibility index (Phi) is 21.3. The van der Waals surface area contributed by atoms with Crippen molar-refractivity contribution in [3.8, 4) is 0 Å². The van der Waals surface area contributed by atoms with E-state index in [4.69, 9.17) is 4.74 Å². The summed E-state index contributed by atoms with van der Waals surface area (Å²) in [6.07, 6.45) is 4.80. The van der Waals surface area contributed by atoms with Crippen molar-refractivity contribution < 1.29 is 58.6 Å². The minimum atomic E-state index is -0.972. The zero-order valence-electron chi connectivity index (χ0n) is 21.6. The summed E-state index contributed by atoms with van der Waals surface area (Å²) in [7, 11) is 0. The van der Waals surface area contributed by atoms with Gasteiger partial charge in [0.25, 0.3) is 11.8 Å². The number of esters is 1. The van der Waals surface area contributed by atoms with Crippen molar-refractivity contribution in [1.82, 2.24) is 4.90 Å². The van der Waals surface area contributed by atoms with Gasteiger partial charge in [0.1, 0.15) is 0 Å². The Morgan fingerprint density at radius 2 is 1.24 bits per heavy atom. The molecule has 0 fully saturated rings. The number of unbranched alkanes of at least 4 members (excludes halogenated alkanes) is 3. The molecule has 1 aliphatic heterocycles. The van der Waals surface area contributed by atoms with Gasteiger partial charge < -0.3 is 14.6 Å². The molecule has 1 heterocycles. The number of hydrogen-bond acceptors (Lipinski definition) is 6. The van der Waals surface area contributed by atoms with E-state index in [1.807, 2.05) is 27.7 Å². The molecular formula is C26H48NNaO6. The van der Waals surface area contributed by atoms with Gasteiger partial charge in [-0.3, -0.25) is 19.3 Å². The summed E-state index contributed by atoms with van der Waals surface area (Å²) in [5, 5.41) is 10.1. The van der Waals surface area contributed by atoms with Gasteiger partial charge in [0.05, 0.1) is 12.0 Å². The van der Waals surface area contributed by atoms with E-state index in [9.17, 15) is 24.3 Å². The van der Waals surface area contributed by atoms with Crippen molar-refractivity contribution >= 4 is 23.8 Å². The Morgan fingerprint density at radius 1 is 0.824 bits per heavy atom. The van der Waals surface area contributed by atoms with Crippen LogP contribution in [0.25, 0.3) is 0 Å². The van der Waals surface area contributed by atoms with E-state index < -0.39 is 16.8 Å². The van der Waals surface area contributed by atoms with Crippen LogP contribution in [0.1, 0.15) is 109 Å². The van der Waals surface area contributed by atoms with Gasteiger partial charge in [0, 0.05) is 29.1 Å². The number of aliphatic carboxylic acids is 1. The van der Waals surface area contributed by atoms with Gasteiger partial charge in [-0.15, -0.1) is 0 Å². The van der Waals surface area contributed by atoms with Crippen molar-refractivity contribution in [2.24, 2.45) is 10.8 Å². The molecule has 0 saturated carbocycles. The van der Waals surface area contributed by atoms with Crippen LogP contribution in [0.5, 0.6) is 0 Å². The number of nitrogens with zero attached hydrogens (tertiary/aromatic N) is 1. The molecule has 1 aliphatic rings. The van der Waals surface area contributed by atoms with Crippen molar-refractivity contribution in [3.05, 3.63) is 11.1 Å². The minimum absolute atomic E-state index is 0. The van der Waals surface area contributed by atoms with Crippen LogP contribution in [-0.4, -0.2) is 41.8 Å². The number of ether oxygens (including phenoxy) is 1. The smallest absolute Gasteiger partial charge is 0.550 e. The van der Waals surface area contributed by atoms with Crippen LogP contribution in [0.2, 0.25) is 0 Å². The predicted molar refractivity (Wildman–Crippen MR) is 131 cm³/mol. The maximum atomic E-state index is 11.9. The molecule has 0 aromatic rings. The molecule has 0 spiro atoms. The molecule has 0 radical (unpaired) electrons. The first-order valence-electron chi connectivity index (χ1n) is 11.1. The fourth-order valence-electron chi connectivity index (χ4n) is 2.40. The Bertz CT molecular complexity index is 673. The quantitative estimate of drug-likeness (QED) is 0.188. The zero-order chi connectivity index (χ0) is 24.4. The maximum Gasteiger partial charge on any atom is 1.00 e. The average Bonchev–Trinajstić information content (AvgIpc) is 2.90. The molecule has 0 unspecified atom stereocenters. The Labute approximate surface area is 230 Å². The van der Waals surface area contributed by atoms with Gasteiger partial charge in [0.15, 0.2) is 0 Å². The van der Waals surface area contributed by atoms with E-state index in [-0.39, 0.29) is 62.2 Å². The second-order valence-corrected chi connectivity index (χ2v) is 9.32.